The Morgan fingerprint density at radius 1 is 1.44 bits per heavy atom. The highest BCUT2D eigenvalue weighted by atomic mass is 19.1. The lowest BCUT2D eigenvalue weighted by Crippen LogP contribution is -1.96. The molecule has 2 aromatic rings. The minimum Gasteiger partial charge on any atom is -0.486 e. The number of carboxylic acid groups (broad SMARTS) is 1. The maximum atomic E-state index is 13.0. The van der Waals surface area contributed by atoms with Crippen molar-refractivity contribution < 1.29 is 23.4 Å². The van der Waals surface area contributed by atoms with Gasteiger partial charge < -0.3 is 14.3 Å². The van der Waals surface area contributed by atoms with Gasteiger partial charge in [-0.3, -0.25) is 0 Å². The highest BCUT2D eigenvalue weighted by Gasteiger charge is 2.08. The summed E-state index contributed by atoms with van der Waals surface area (Å²) in [7, 11) is 0. The third kappa shape index (κ3) is 2.68. The molecule has 0 aliphatic rings. The monoisotopic (exact) mass is 250 g/mol. The zero-order chi connectivity index (χ0) is 13.1. The number of furan rings is 1. The number of benzene rings is 1. The van der Waals surface area contributed by atoms with E-state index in [2.05, 4.69) is 0 Å². The molecule has 0 amide bonds. The van der Waals surface area contributed by atoms with Gasteiger partial charge >= 0.3 is 5.97 Å². The van der Waals surface area contributed by atoms with Crippen LogP contribution in [0.5, 0.6) is 5.75 Å². The summed E-state index contributed by atoms with van der Waals surface area (Å²) in [5.41, 5.74) is 0.557. The van der Waals surface area contributed by atoms with Crippen LogP contribution in [0.2, 0.25) is 0 Å². The van der Waals surface area contributed by atoms with Crippen LogP contribution in [0.25, 0.3) is 0 Å². The van der Waals surface area contributed by atoms with E-state index in [1.165, 1.54) is 18.2 Å². The van der Waals surface area contributed by atoms with Crippen LogP contribution in [0.3, 0.4) is 0 Å². The van der Waals surface area contributed by atoms with Crippen LogP contribution in [0, 0.1) is 12.7 Å². The van der Waals surface area contributed by atoms with Crippen molar-refractivity contribution in [2.75, 3.05) is 0 Å². The summed E-state index contributed by atoms with van der Waals surface area (Å²) >= 11 is 0. The van der Waals surface area contributed by atoms with Gasteiger partial charge in [-0.15, -0.1) is 0 Å². The van der Waals surface area contributed by atoms with Crippen LogP contribution in [-0.4, -0.2) is 11.1 Å². The van der Waals surface area contributed by atoms with Gasteiger partial charge in [0.1, 0.15) is 30.2 Å². The van der Waals surface area contributed by atoms with Gasteiger partial charge in [0.15, 0.2) is 0 Å². The highest BCUT2D eigenvalue weighted by molar-refractivity contribution is 5.87. The maximum absolute atomic E-state index is 13.0. The lowest BCUT2D eigenvalue weighted by atomic mass is 10.2. The van der Waals surface area contributed by atoms with Crippen molar-refractivity contribution in [2.24, 2.45) is 0 Å². The number of carbonyl (C=O) groups is 1. The molecule has 0 saturated heterocycles. The Morgan fingerprint density at radius 2 is 2.22 bits per heavy atom. The van der Waals surface area contributed by atoms with Crippen LogP contribution >= 0.6 is 0 Å². The molecule has 0 atom stereocenters. The Morgan fingerprint density at radius 3 is 2.83 bits per heavy atom. The Kier molecular flexibility index (Phi) is 3.32. The molecule has 18 heavy (non-hydrogen) atoms. The summed E-state index contributed by atoms with van der Waals surface area (Å²) in [6, 6.07) is 5.77. The van der Waals surface area contributed by atoms with E-state index in [0.717, 1.165) is 6.26 Å². The summed E-state index contributed by atoms with van der Waals surface area (Å²) in [4.78, 5) is 10.6. The lowest BCUT2D eigenvalue weighted by Gasteiger charge is -2.05. The Balaban J connectivity index is 2.02. The maximum Gasteiger partial charge on any atom is 0.338 e. The zero-order valence-electron chi connectivity index (χ0n) is 9.64. The Bertz CT molecular complexity index is 574. The first-order valence-corrected chi connectivity index (χ1v) is 5.26. The number of rotatable bonds is 4. The van der Waals surface area contributed by atoms with Gasteiger partial charge in [0, 0.05) is 0 Å². The van der Waals surface area contributed by atoms with Gasteiger partial charge in [-0.1, -0.05) is 0 Å². The second-order valence-corrected chi connectivity index (χ2v) is 3.81. The lowest BCUT2D eigenvalue weighted by molar-refractivity contribution is 0.0696. The molecule has 0 fully saturated rings. The SMILES string of the molecule is Cc1cc(OCc2cc(C(=O)O)co2)ccc1F. The molecule has 1 aromatic carbocycles. The molecule has 1 aromatic heterocycles. The number of hydrogen-bond donors (Lipinski definition) is 1. The third-order valence-electron chi connectivity index (χ3n) is 2.41. The standard InChI is InChI=1S/C13H11FO4/c1-8-4-10(2-3-12(8)14)18-7-11-5-9(6-17-11)13(15)16/h2-6H,7H2,1H3,(H,15,16). The molecule has 0 unspecified atom stereocenters. The van der Waals surface area contributed by atoms with Crippen LogP contribution in [0.15, 0.2) is 34.9 Å². The molecule has 1 N–H and O–H groups in total. The normalized spacial score (nSPS) is 10.3. The van der Waals surface area contributed by atoms with E-state index in [9.17, 15) is 9.18 Å². The van der Waals surface area contributed by atoms with Gasteiger partial charge in [-0.25, -0.2) is 9.18 Å². The molecule has 1 heterocycles. The van der Waals surface area contributed by atoms with E-state index in [-0.39, 0.29) is 18.0 Å². The third-order valence-corrected chi connectivity index (χ3v) is 2.41. The summed E-state index contributed by atoms with van der Waals surface area (Å²) in [5, 5.41) is 8.71. The van der Waals surface area contributed by atoms with E-state index in [1.807, 2.05) is 0 Å². The first-order chi connectivity index (χ1) is 8.56. The molecule has 0 saturated carbocycles. The van der Waals surface area contributed by atoms with Crippen LogP contribution in [0.4, 0.5) is 4.39 Å². The van der Waals surface area contributed by atoms with Crippen molar-refractivity contribution in [3.05, 3.63) is 53.2 Å². The fraction of sp³-hybridized carbons (Fsp3) is 0.154. The quantitative estimate of drug-likeness (QED) is 0.906. The molecule has 4 nitrogen and oxygen atoms in total. The molecule has 94 valence electrons. The van der Waals surface area contributed by atoms with Gasteiger partial charge in [-0.2, -0.15) is 0 Å². The predicted octanol–water partition coefficient (Wildman–Crippen LogP) is 3.00. The summed E-state index contributed by atoms with van der Waals surface area (Å²) < 4.78 is 23.4. The smallest absolute Gasteiger partial charge is 0.338 e. The largest absolute Gasteiger partial charge is 0.486 e. The fourth-order valence-corrected chi connectivity index (χ4v) is 1.43. The summed E-state index contributed by atoms with van der Waals surface area (Å²) in [5.74, 6) is -0.451. The molecule has 0 aliphatic heterocycles. The number of aromatic carboxylic acids is 1. The molecule has 0 radical (unpaired) electrons. The van der Waals surface area contributed by atoms with Crippen molar-refractivity contribution in [3.8, 4) is 5.75 Å². The van der Waals surface area contributed by atoms with Crippen molar-refractivity contribution >= 4 is 5.97 Å². The van der Waals surface area contributed by atoms with E-state index in [0.29, 0.717) is 17.1 Å². The van der Waals surface area contributed by atoms with Crippen molar-refractivity contribution in [1.29, 1.82) is 0 Å². The first kappa shape index (κ1) is 12.2. The fourth-order valence-electron chi connectivity index (χ4n) is 1.43. The molecule has 0 aliphatic carbocycles. The van der Waals surface area contributed by atoms with Crippen LogP contribution in [-0.2, 0) is 6.61 Å². The van der Waals surface area contributed by atoms with Gasteiger partial charge in [0.2, 0.25) is 0 Å². The van der Waals surface area contributed by atoms with E-state index < -0.39 is 5.97 Å². The van der Waals surface area contributed by atoms with Gasteiger partial charge in [0.05, 0.1) is 5.56 Å². The van der Waals surface area contributed by atoms with Crippen molar-refractivity contribution in [2.45, 2.75) is 13.5 Å². The minimum atomic E-state index is -1.05. The average Bonchev–Trinajstić information content (AvgIpc) is 2.79. The molecule has 2 rings (SSSR count). The number of aryl methyl sites for hydroxylation is 1. The Labute approximate surface area is 103 Å². The van der Waals surface area contributed by atoms with Gasteiger partial charge in [0.25, 0.3) is 0 Å². The number of hydrogen-bond acceptors (Lipinski definition) is 3. The summed E-state index contributed by atoms with van der Waals surface area (Å²) in [6.45, 7) is 1.73. The van der Waals surface area contributed by atoms with E-state index >= 15 is 0 Å². The molecular formula is C13H11FO4. The van der Waals surface area contributed by atoms with E-state index in [1.54, 1.807) is 13.0 Å². The molecular weight excluding hydrogens is 239 g/mol. The number of halogens is 1. The second-order valence-electron chi connectivity index (χ2n) is 3.81. The summed E-state index contributed by atoms with van der Waals surface area (Å²) in [6.07, 6.45) is 1.15. The van der Waals surface area contributed by atoms with E-state index in [4.69, 9.17) is 14.3 Å². The molecule has 5 heteroatoms. The Hall–Kier alpha value is -2.30. The predicted molar refractivity (Wildman–Crippen MR) is 61.1 cm³/mol. The second kappa shape index (κ2) is 4.91. The highest BCUT2D eigenvalue weighted by Crippen LogP contribution is 2.18. The van der Waals surface area contributed by atoms with Crippen LogP contribution < -0.4 is 4.74 Å². The minimum absolute atomic E-state index is 0.0730. The topological polar surface area (TPSA) is 59.7 Å². The van der Waals surface area contributed by atoms with Crippen molar-refractivity contribution in [3.63, 3.8) is 0 Å². The van der Waals surface area contributed by atoms with Crippen molar-refractivity contribution in [1.82, 2.24) is 0 Å². The van der Waals surface area contributed by atoms with Gasteiger partial charge in [-0.05, 0) is 36.8 Å². The van der Waals surface area contributed by atoms with Crippen LogP contribution in [0.1, 0.15) is 21.7 Å². The number of ether oxygens (including phenoxy) is 1. The first-order valence-electron chi connectivity index (χ1n) is 5.26. The molecule has 0 spiro atoms. The zero-order valence-corrected chi connectivity index (χ0v) is 9.64. The molecule has 0 bridgehead atoms. The number of carboxylic acids is 1. The average molecular weight is 250 g/mol.